The number of carbonyl (C=O) groups is 2. The summed E-state index contributed by atoms with van der Waals surface area (Å²) < 4.78 is 37.3. The van der Waals surface area contributed by atoms with Crippen LogP contribution in [-0.4, -0.2) is 41.0 Å². The van der Waals surface area contributed by atoms with E-state index < -0.39 is 15.9 Å². The molecule has 1 heterocycles. The van der Waals surface area contributed by atoms with Crippen molar-refractivity contribution in [3.8, 4) is 11.5 Å². The summed E-state index contributed by atoms with van der Waals surface area (Å²) in [6, 6.07) is 14.5. The summed E-state index contributed by atoms with van der Waals surface area (Å²) in [6.07, 6.45) is 0. The van der Waals surface area contributed by atoms with Crippen molar-refractivity contribution in [2.45, 2.75) is 11.1 Å². The van der Waals surface area contributed by atoms with Crippen LogP contribution in [0.1, 0.15) is 6.92 Å². The van der Waals surface area contributed by atoms with Gasteiger partial charge in [0.2, 0.25) is 5.91 Å². The molecule has 0 radical (unpaired) electrons. The van der Waals surface area contributed by atoms with Crippen LogP contribution in [0.2, 0.25) is 0 Å². The fourth-order valence-corrected chi connectivity index (χ4v) is 5.21. The Bertz CT molecular complexity index is 1230. The second-order valence-corrected chi connectivity index (χ2v) is 9.98. The van der Waals surface area contributed by atoms with Gasteiger partial charge in [-0.2, -0.15) is 0 Å². The molecule has 0 fully saturated rings. The Hall–Kier alpha value is -3.57. The highest BCUT2D eigenvalue weighted by Gasteiger charge is 2.22. The van der Waals surface area contributed by atoms with Crippen LogP contribution >= 0.6 is 11.3 Å². The van der Waals surface area contributed by atoms with E-state index in [1.54, 1.807) is 60.0 Å². The Balaban J connectivity index is 1.59. The maximum absolute atomic E-state index is 12.6. The lowest BCUT2D eigenvalue weighted by Gasteiger charge is -2.18. The molecule has 2 N–H and O–H groups in total. The van der Waals surface area contributed by atoms with Crippen molar-refractivity contribution in [1.82, 2.24) is 0 Å². The van der Waals surface area contributed by atoms with Crippen LogP contribution in [0.15, 0.2) is 64.2 Å². The fraction of sp³-hybridized carbons (Fsp3) is 0.182. The number of carbonyl (C=O) groups excluding carboxylic acids is 2. The predicted octanol–water partition coefficient (Wildman–Crippen LogP) is 3.56. The number of thiophene rings is 1. The van der Waals surface area contributed by atoms with Crippen LogP contribution in [0.3, 0.4) is 0 Å². The van der Waals surface area contributed by atoms with Crippen molar-refractivity contribution >= 4 is 50.2 Å². The van der Waals surface area contributed by atoms with Gasteiger partial charge in [0.1, 0.15) is 15.7 Å². The normalized spacial score (nSPS) is 10.9. The van der Waals surface area contributed by atoms with E-state index in [0.717, 1.165) is 11.3 Å². The second kappa shape index (κ2) is 10.4. The van der Waals surface area contributed by atoms with Gasteiger partial charge >= 0.3 is 0 Å². The third kappa shape index (κ3) is 6.02. The number of amides is 2. The second-order valence-electron chi connectivity index (χ2n) is 6.83. The number of ether oxygens (including phenoxy) is 2. The first-order valence-corrected chi connectivity index (χ1v) is 12.0. The molecule has 2 amide bonds. The van der Waals surface area contributed by atoms with Gasteiger partial charge < -0.3 is 20.1 Å². The summed E-state index contributed by atoms with van der Waals surface area (Å²) in [5.74, 6) is 0.197. The number of hydrogen-bond donors (Lipinski definition) is 2. The number of nitrogens with one attached hydrogen (secondary N) is 2. The van der Waals surface area contributed by atoms with Crippen molar-refractivity contribution in [3.63, 3.8) is 0 Å². The molecular weight excluding hydrogens is 466 g/mol. The third-order valence-corrected chi connectivity index (χ3v) is 7.63. The smallest absolute Gasteiger partial charge is 0.273 e. The lowest BCUT2D eigenvalue weighted by atomic mass is 10.2. The topological polar surface area (TPSA) is 114 Å². The first kappa shape index (κ1) is 24.1. The molecule has 3 aromatic rings. The zero-order valence-corrected chi connectivity index (χ0v) is 19.8. The van der Waals surface area contributed by atoms with Gasteiger partial charge in [0, 0.05) is 19.7 Å². The van der Waals surface area contributed by atoms with Crippen molar-refractivity contribution in [3.05, 3.63) is 60.0 Å². The first-order chi connectivity index (χ1) is 15.7. The molecule has 0 saturated carbocycles. The average molecular weight is 490 g/mol. The number of anilines is 3. The lowest BCUT2D eigenvalue weighted by molar-refractivity contribution is -0.118. The number of hydrogen-bond acceptors (Lipinski definition) is 7. The molecule has 1 aromatic heterocycles. The van der Waals surface area contributed by atoms with Gasteiger partial charge in [0.25, 0.3) is 15.9 Å². The molecule has 33 heavy (non-hydrogen) atoms. The SMILES string of the molecule is COc1ccc(NC(=O)COc2ccc(N(C)S(=O)(=O)c3cccs3)cc2)cc1NC(C)=O. The molecule has 0 saturated heterocycles. The van der Waals surface area contributed by atoms with E-state index in [1.807, 2.05) is 0 Å². The summed E-state index contributed by atoms with van der Waals surface area (Å²) in [6.45, 7) is 1.11. The van der Waals surface area contributed by atoms with Gasteiger partial charge in [-0.25, -0.2) is 8.42 Å². The maximum Gasteiger partial charge on any atom is 0.273 e. The van der Waals surface area contributed by atoms with E-state index in [0.29, 0.717) is 28.6 Å². The number of methoxy groups -OCH3 is 1. The number of rotatable bonds is 9. The zero-order valence-electron chi connectivity index (χ0n) is 18.2. The van der Waals surface area contributed by atoms with E-state index >= 15 is 0 Å². The van der Waals surface area contributed by atoms with E-state index in [4.69, 9.17) is 9.47 Å². The van der Waals surface area contributed by atoms with E-state index in [1.165, 1.54) is 25.4 Å². The van der Waals surface area contributed by atoms with E-state index in [2.05, 4.69) is 10.6 Å². The van der Waals surface area contributed by atoms with Gasteiger partial charge in [-0.1, -0.05) is 6.07 Å². The van der Waals surface area contributed by atoms with Gasteiger partial charge in [0.05, 0.1) is 18.5 Å². The quantitative estimate of drug-likeness (QED) is 0.475. The van der Waals surface area contributed by atoms with Crippen LogP contribution < -0.4 is 24.4 Å². The molecule has 11 heteroatoms. The summed E-state index contributed by atoms with van der Waals surface area (Å²) in [4.78, 5) is 23.6. The fourth-order valence-electron chi connectivity index (χ4n) is 2.86. The van der Waals surface area contributed by atoms with Crippen molar-refractivity contribution in [2.75, 3.05) is 35.7 Å². The van der Waals surface area contributed by atoms with Crippen LogP contribution in [0.5, 0.6) is 11.5 Å². The third-order valence-electron chi connectivity index (χ3n) is 4.47. The Morgan fingerprint density at radius 1 is 1.06 bits per heavy atom. The molecule has 3 rings (SSSR count). The Morgan fingerprint density at radius 2 is 1.79 bits per heavy atom. The molecule has 0 aliphatic rings. The summed E-state index contributed by atoms with van der Waals surface area (Å²) in [7, 11) is -0.672. The summed E-state index contributed by atoms with van der Waals surface area (Å²) in [5.41, 5.74) is 1.36. The molecule has 0 unspecified atom stereocenters. The molecule has 0 atom stereocenters. The molecule has 0 spiro atoms. The minimum Gasteiger partial charge on any atom is -0.495 e. The highest BCUT2D eigenvalue weighted by atomic mass is 32.2. The Kier molecular flexibility index (Phi) is 7.56. The monoisotopic (exact) mass is 489 g/mol. The largest absolute Gasteiger partial charge is 0.495 e. The van der Waals surface area contributed by atoms with Crippen LogP contribution in [0, 0.1) is 0 Å². The van der Waals surface area contributed by atoms with Crippen LogP contribution in [0.25, 0.3) is 0 Å². The molecule has 0 aliphatic carbocycles. The first-order valence-electron chi connectivity index (χ1n) is 9.71. The van der Waals surface area contributed by atoms with Gasteiger partial charge in [0.15, 0.2) is 6.61 Å². The minimum atomic E-state index is -3.63. The molecule has 174 valence electrons. The van der Waals surface area contributed by atoms with Gasteiger partial charge in [-0.15, -0.1) is 11.3 Å². The number of sulfonamides is 1. The average Bonchev–Trinajstić information content (AvgIpc) is 3.33. The number of nitrogens with zero attached hydrogens (tertiary/aromatic N) is 1. The van der Waals surface area contributed by atoms with Crippen LogP contribution in [0.4, 0.5) is 17.1 Å². The van der Waals surface area contributed by atoms with Crippen molar-refractivity contribution < 1.29 is 27.5 Å². The maximum atomic E-state index is 12.6. The number of benzene rings is 2. The summed E-state index contributed by atoms with van der Waals surface area (Å²) >= 11 is 1.15. The standard InChI is InChI=1S/C22H23N3O6S2/c1-15(26)23-19-13-16(6-11-20(19)30-3)24-21(27)14-31-18-9-7-17(8-10-18)25(2)33(28,29)22-5-4-12-32-22/h4-13H,14H2,1-3H3,(H,23,26)(H,24,27). The van der Waals surface area contributed by atoms with E-state index in [-0.39, 0.29) is 16.7 Å². The molecule has 2 aromatic carbocycles. The molecular formula is C22H23N3O6S2. The van der Waals surface area contributed by atoms with Gasteiger partial charge in [-0.3, -0.25) is 13.9 Å². The molecule has 0 bridgehead atoms. The zero-order chi connectivity index (χ0) is 24.0. The highest BCUT2D eigenvalue weighted by molar-refractivity contribution is 7.94. The summed E-state index contributed by atoms with van der Waals surface area (Å²) in [5, 5.41) is 7.03. The Morgan fingerprint density at radius 3 is 2.39 bits per heavy atom. The van der Waals surface area contributed by atoms with Crippen molar-refractivity contribution in [1.29, 1.82) is 0 Å². The van der Waals surface area contributed by atoms with Gasteiger partial charge in [-0.05, 0) is 53.9 Å². The Labute approximate surface area is 196 Å². The highest BCUT2D eigenvalue weighted by Crippen LogP contribution is 2.28. The molecule has 0 aliphatic heterocycles. The minimum absolute atomic E-state index is 0.252. The van der Waals surface area contributed by atoms with Crippen molar-refractivity contribution in [2.24, 2.45) is 0 Å². The molecule has 9 nitrogen and oxygen atoms in total. The lowest BCUT2D eigenvalue weighted by Crippen LogP contribution is -2.25. The van der Waals surface area contributed by atoms with Crippen LogP contribution in [-0.2, 0) is 19.6 Å². The van der Waals surface area contributed by atoms with E-state index in [9.17, 15) is 18.0 Å². The predicted molar refractivity (Wildman–Crippen MR) is 128 cm³/mol.